The van der Waals surface area contributed by atoms with Crippen molar-refractivity contribution in [1.82, 2.24) is 21.3 Å². The molecule has 0 aliphatic rings. The number of hydrogen-bond donors (Lipinski definition) is 7. The summed E-state index contributed by atoms with van der Waals surface area (Å²) in [6.45, 7) is -1.67. The molecule has 1 rings (SSSR count). The highest BCUT2D eigenvalue weighted by Crippen LogP contribution is 2.08. The summed E-state index contributed by atoms with van der Waals surface area (Å²) in [7, 11) is -3.91. The number of carboxylic acid groups (broad SMARTS) is 1. The third-order valence-corrected chi connectivity index (χ3v) is 4.71. The Balaban J connectivity index is 2.37. The second kappa shape index (κ2) is 12.1. The molecule has 0 saturated carbocycles. The maximum Gasteiger partial charge on any atom is 0.326 e. The molecule has 0 aliphatic carbocycles. The van der Waals surface area contributed by atoms with Gasteiger partial charge < -0.3 is 32.1 Å². The lowest BCUT2D eigenvalue weighted by Crippen LogP contribution is -2.48. The summed E-state index contributed by atoms with van der Waals surface area (Å²) < 4.78 is 22.4. The zero-order valence-corrected chi connectivity index (χ0v) is 17.8. The number of carbonyl (C=O) groups excluding carboxylic acids is 5. The van der Waals surface area contributed by atoms with Crippen LogP contribution in [0.4, 0.5) is 0 Å². The molecule has 0 aliphatic heterocycles. The number of primary amides is 1. The van der Waals surface area contributed by atoms with E-state index in [1.165, 1.54) is 12.1 Å². The molecule has 1 aromatic rings. The van der Waals surface area contributed by atoms with E-state index < -0.39 is 77.6 Å². The summed E-state index contributed by atoms with van der Waals surface area (Å²) >= 11 is 0. The zero-order valence-electron chi connectivity index (χ0n) is 17.0. The van der Waals surface area contributed by atoms with Crippen LogP contribution in [0.5, 0.6) is 0 Å². The summed E-state index contributed by atoms with van der Waals surface area (Å²) in [6.07, 6.45) is -0.632. The van der Waals surface area contributed by atoms with Gasteiger partial charge in [-0.1, -0.05) is 0 Å². The van der Waals surface area contributed by atoms with E-state index in [9.17, 15) is 37.2 Å². The predicted octanol–water partition coefficient (Wildman–Crippen LogP) is -4.26. The van der Waals surface area contributed by atoms with Crippen LogP contribution in [0.25, 0.3) is 0 Å². The number of sulfonamides is 1. The molecule has 0 fully saturated rings. The van der Waals surface area contributed by atoms with Crippen molar-refractivity contribution >= 4 is 45.5 Å². The maximum atomic E-state index is 12.0. The van der Waals surface area contributed by atoms with Crippen LogP contribution in [0.15, 0.2) is 29.2 Å². The Kier molecular flexibility index (Phi) is 9.90. The highest BCUT2D eigenvalue weighted by atomic mass is 32.2. The Morgan fingerprint density at radius 3 is 1.79 bits per heavy atom. The van der Waals surface area contributed by atoms with Crippen LogP contribution < -0.4 is 32.1 Å². The minimum atomic E-state index is -3.91. The highest BCUT2D eigenvalue weighted by molar-refractivity contribution is 7.89. The van der Waals surface area contributed by atoms with E-state index in [0.717, 1.165) is 12.1 Å². The van der Waals surface area contributed by atoms with E-state index in [0.29, 0.717) is 0 Å². The highest BCUT2D eigenvalue weighted by Gasteiger charge is 2.22. The molecule has 0 radical (unpaired) electrons. The lowest BCUT2D eigenvalue weighted by atomic mass is 10.2. The third kappa shape index (κ3) is 10.2. The molecule has 180 valence electrons. The number of rotatable bonds is 12. The van der Waals surface area contributed by atoms with Crippen molar-refractivity contribution < 1.29 is 42.3 Å². The lowest BCUT2D eigenvalue weighted by molar-refractivity contribution is -0.143. The zero-order chi connectivity index (χ0) is 25.2. The SMILES string of the molecule is NC(=O)C[C@H](NC(=O)CNC(=O)CNC(=O)CNC(=O)c1ccc(S(N)(=O)=O)cc1)C(=O)O. The fraction of sp³-hybridized carbons (Fsp3) is 0.294. The van der Waals surface area contributed by atoms with E-state index in [4.69, 9.17) is 16.0 Å². The van der Waals surface area contributed by atoms with Crippen LogP contribution in [0.2, 0.25) is 0 Å². The van der Waals surface area contributed by atoms with Gasteiger partial charge in [0.15, 0.2) is 0 Å². The summed E-state index contributed by atoms with van der Waals surface area (Å²) in [5, 5.41) is 22.4. The van der Waals surface area contributed by atoms with Gasteiger partial charge in [-0.25, -0.2) is 18.4 Å². The molecular formula is C17H22N6O9S. The molecule has 0 saturated heterocycles. The molecule has 1 atom stereocenters. The first-order valence-corrected chi connectivity index (χ1v) is 10.6. The molecule has 0 spiro atoms. The molecule has 0 unspecified atom stereocenters. The molecule has 0 bridgehead atoms. The van der Waals surface area contributed by atoms with Crippen molar-refractivity contribution in [2.45, 2.75) is 17.4 Å². The number of aliphatic carboxylic acids is 1. The van der Waals surface area contributed by atoms with Crippen LogP contribution in [-0.2, 0) is 34.0 Å². The molecule has 16 heteroatoms. The Morgan fingerprint density at radius 2 is 1.33 bits per heavy atom. The summed E-state index contributed by atoms with van der Waals surface area (Å²) in [6, 6.07) is 3.09. The van der Waals surface area contributed by atoms with E-state index in [1.54, 1.807) is 0 Å². The Labute approximate surface area is 187 Å². The maximum absolute atomic E-state index is 12.0. The van der Waals surface area contributed by atoms with Gasteiger partial charge in [-0.2, -0.15) is 0 Å². The monoisotopic (exact) mass is 486 g/mol. The molecule has 0 heterocycles. The second-order valence-electron chi connectivity index (χ2n) is 6.43. The van der Waals surface area contributed by atoms with E-state index >= 15 is 0 Å². The van der Waals surface area contributed by atoms with Crippen LogP contribution in [0.1, 0.15) is 16.8 Å². The van der Waals surface area contributed by atoms with Gasteiger partial charge >= 0.3 is 5.97 Å². The van der Waals surface area contributed by atoms with Gasteiger partial charge in [-0.05, 0) is 24.3 Å². The molecule has 5 amide bonds. The van der Waals surface area contributed by atoms with E-state index in [2.05, 4.69) is 16.0 Å². The molecule has 33 heavy (non-hydrogen) atoms. The quantitative estimate of drug-likeness (QED) is 0.151. The van der Waals surface area contributed by atoms with Crippen LogP contribution >= 0.6 is 0 Å². The number of amides is 5. The number of carboxylic acids is 1. The molecule has 1 aromatic carbocycles. The summed E-state index contributed by atoms with van der Waals surface area (Å²) in [4.78, 5) is 68.5. The second-order valence-corrected chi connectivity index (χ2v) is 8.00. The molecule has 0 aromatic heterocycles. The first-order valence-electron chi connectivity index (χ1n) is 9.04. The van der Waals surface area contributed by atoms with Crippen molar-refractivity contribution in [1.29, 1.82) is 0 Å². The average molecular weight is 486 g/mol. The van der Waals surface area contributed by atoms with E-state index in [-0.39, 0.29) is 10.5 Å². The predicted molar refractivity (Wildman–Crippen MR) is 110 cm³/mol. The minimum Gasteiger partial charge on any atom is -0.480 e. The Morgan fingerprint density at radius 1 is 0.848 bits per heavy atom. The van der Waals surface area contributed by atoms with Gasteiger partial charge in [0.2, 0.25) is 33.7 Å². The Hall–Kier alpha value is -4.05. The fourth-order valence-electron chi connectivity index (χ4n) is 2.19. The smallest absolute Gasteiger partial charge is 0.326 e. The largest absolute Gasteiger partial charge is 0.480 e. The lowest BCUT2D eigenvalue weighted by Gasteiger charge is -2.13. The van der Waals surface area contributed by atoms with Crippen molar-refractivity contribution in [2.75, 3.05) is 19.6 Å². The number of carbonyl (C=O) groups is 6. The topological polar surface area (TPSA) is 257 Å². The number of nitrogens with one attached hydrogen (secondary N) is 4. The molecule has 9 N–H and O–H groups in total. The number of primary sulfonamides is 1. The van der Waals surface area contributed by atoms with Crippen molar-refractivity contribution in [2.24, 2.45) is 10.9 Å². The van der Waals surface area contributed by atoms with E-state index in [1.807, 2.05) is 5.32 Å². The van der Waals surface area contributed by atoms with Gasteiger partial charge in [0.25, 0.3) is 5.91 Å². The van der Waals surface area contributed by atoms with Crippen LogP contribution in [-0.4, -0.2) is 74.7 Å². The number of nitrogens with two attached hydrogens (primary N) is 2. The Bertz CT molecular complexity index is 1040. The molecule has 15 nitrogen and oxygen atoms in total. The average Bonchev–Trinajstić information content (AvgIpc) is 2.73. The van der Waals surface area contributed by atoms with Gasteiger partial charge in [0, 0.05) is 5.56 Å². The number of benzene rings is 1. The third-order valence-electron chi connectivity index (χ3n) is 3.79. The molecular weight excluding hydrogens is 464 g/mol. The van der Waals surface area contributed by atoms with Crippen molar-refractivity contribution in [3.63, 3.8) is 0 Å². The number of hydrogen-bond acceptors (Lipinski definition) is 8. The van der Waals surface area contributed by atoms with Gasteiger partial charge in [-0.15, -0.1) is 0 Å². The first-order chi connectivity index (χ1) is 15.3. The van der Waals surface area contributed by atoms with Gasteiger partial charge in [0.05, 0.1) is 31.0 Å². The normalized spacial score (nSPS) is 11.5. The van der Waals surface area contributed by atoms with Crippen LogP contribution in [0, 0.1) is 0 Å². The standard InChI is InChI=1S/C17H22N6O9S/c18-12(24)5-11(17(29)30)23-15(27)8-21-13(25)6-20-14(26)7-22-16(28)9-1-3-10(4-2-9)33(19,31)32/h1-4,11H,5-8H2,(H2,18,24)(H,20,26)(H,21,25)(H,22,28)(H,23,27)(H,29,30)(H2,19,31,32)/t11-/m0/s1. The fourth-order valence-corrected chi connectivity index (χ4v) is 2.70. The van der Waals surface area contributed by atoms with Crippen molar-refractivity contribution in [3.8, 4) is 0 Å². The summed E-state index contributed by atoms with van der Waals surface area (Å²) in [5.74, 6) is -5.54. The first kappa shape index (κ1) is 27.0. The van der Waals surface area contributed by atoms with Crippen LogP contribution in [0.3, 0.4) is 0 Å². The van der Waals surface area contributed by atoms with Gasteiger partial charge in [0.1, 0.15) is 6.04 Å². The van der Waals surface area contributed by atoms with Crippen molar-refractivity contribution in [3.05, 3.63) is 29.8 Å². The van der Waals surface area contributed by atoms with Gasteiger partial charge in [-0.3, -0.25) is 24.0 Å². The summed E-state index contributed by atoms with van der Waals surface area (Å²) in [5.41, 5.74) is 4.94. The minimum absolute atomic E-state index is 0.0648.